The van der Waals surface area contributed by atoms with E-state index in [2.05, 4.69) is 10.6 Å². The van der Waals surface area contributed by atoms with Gasteiger partial charge in [-0.15, -0.1) is 0 Å². The molecule has 0 atom stereocenters. The lowest BCUT2D eigenvalue weighted by Crippen LogP contribution is -2.49. The van der Waals surface area contributed by atoms with Crippen molar-refractivity contribution >= 4 is 17.5 Å². The third kappa shape index (κ3) is 3.35. The predicted molar refractivity (Wildman–Crippen MR) is 101 cm³/mol. The molecule has 6 nitrogen and oxygen atoms in total. The van der Waals surface area contributed by atoms with E-state index in [9.17, 15) is 9.59 Å². The van der Waals surface area contributed by atoms with E-state index in [4.69, 9.17) is 9.47 Å². The first-order valence-corrected chi connectivity index (χ1v) is 9.12. The van der Waals surface area contributed by atoms with Crippen LogP contribution in [0.2, 0.25) is 0 Å². The zero-order valence-corrected chi connectivity index (χ0v) is 15.2. The lowest BCUT2D eigenvalue weighted by atomic mass is 9.63. The fourth-order valence-corrected chi connectivity index (χ4v) is 3.66. The summed E-state index contributed by atoms with van der Waals surface area (Å²) < 4.78 is 10.7. The Hall–Kier alpha value is -3.02. The molecule has 2 aliphatic rings. The summed E-state index contributed by atoms with van der Waals surface area (Å²) in [4.78, 5) is 24.1. The minimum Gasteiger partial charge on any atom is -0.454 e. The number of carbonyl (C=O) groups is 2. The summed E-state index contributed by atoms with van der Waals surface area (Å²) in [6.07, 6.45) is 2.70. The third-order valence-electron chi connectivity index (χ3n) is 5.29. The van der Waals surface area contributed by atoms with E-state index in [1.165, 1.54) is 6.92 Å². The molecule has 0 radical (unpaired) electrons. The lowest BCUT2D eigenvalue weighted by molar-refractivity contribution is -0.130. The number of rotatable bonds is 5. The van der Waals surface area contributed by atoms with Crippen LogP contribution in [-0.2, 0) is 21.5 Å². The summed E-state index contributed by atoms with van der Waals surface area (Å²) in [7, 11) is 0. The molecule has 27 heavy (non-hydrogen) atoms. The molecule has 4 rings (SSSR count). The van der Waals surface area contributed by atoms with Crippen molar-refractivity contribution in [2.45, 2.75) is 38.1 Å². The molecule has 1 saturated carbocycles. The minimum atomic E-state index is -0.481. The molecule has 2 aromatic rings. The van der Waals surface area contributed by atoms with Crippen LogP contribution in [0.4, 0.5) is 5.69 Å². The summed E-state index contributed by atoms with van der Waals surface area (Å²) in [6.45, 7) is 2.16. The van der Waals surface area contributed by atoms with E-state index in [1.807, 2.05) is 42.5 Å². The third-order valence-corrected chi connectivity index (χ3v) is 5.29. The summed E-state index contributed by atoms with van der Waals surface area (Å²) in [5.74, 6) is 1.38. The quantitative estimate of drug-likeness (QED) is 0.852. The number of ether oxygens (including phenoxy) is 2. The molecule has 0 bridgehead atoms. The van der Waals surface area contributed by atoms with Crippen molar-refractivity contribution in [2.75, 3.05) is 12.1 Å². The Morgan fingerprint density at radius 3 is 2.44 bits per heavy atom. The molecular weight excluding hydrogens is 344 g/mol. The molecule has 2 aromatic carbocycles. The molecule has 2 amide bonds. The Kier molecular flexibility index (Phi) is 4.48. The Morgan fingerprint density at radius 2 is 1.78 bits per heavy atom. The number of hydrogen-bond acceptors (Lipinski definition) is 4. The Bertz CT molecular complexity index is 872. The van der Waals surface area contributed by atoms with Gasteiger partial charge in [0.15, 0.2) is 11.5 Å². The van der Waals surface area contributed by atoms with Gasteiger partial charge in [0.25, 0.3) is 0 Å². The van der Waals surface area contributed by atoms with E-state index in [0.717, 1.165) is 41.8 Å². The molecular formula is C21H22N2O4. The zero-order chi connectivity index (χ0) is 18.9. The van der Waals surface area contributed by atoms with Gasteiger partial charge in [-0.2, -0.15) is 0 Å². The summed E-state index contributed by atoms with van der Waals surface area (Å²) in [5, 5.41) is 5.83. The molecule has 1 aliphatic heterocycles. The van der Waals surface area contributed by atoms with Crippen molar-refractivity contribution in [3.63, 3.8) is 0 Å². The van der Waals surface area contributed by atoms with Gasteiger partial charge >= 0.3 is 0 Å². The van der Waals surface area contributed by atoms with Crippen molar-refractivity contribution in [1.29, 1.82) is 0 Å². The smallest absolute Gasteiger partial charge is 0.231 e. The summed E-state index contributed by atoms with van der Waals surface area (Å²) >= 11 is 0. The second-order valence-corrected chi connectivity index (χ2v) is 7.06. The fraction of sp³-hybridized carbons (Fsp3) is 0.333. The predicted octanol–water partition coefficient (Wildman–Crippen LogP) is 3.11. The molecule has 0 saturated heterocycles. The van der Waals surface area contributed by atoms with Gasteiger partial charge in [-0.25, -0.2) is 0 Å². The highest BCUT2D eigenvalue weighted by Crippen LogP contribution is 2.44. The first-order valence-electron chi connectivity index (χ1n) is 9.12. The first-order chi connectivity index (χ1) is 13.1. The van der Waals surface area contributed by atoms with Crippen LogP contribution >= 0.6 is 0 Å². The Balaban J connectivity index is 1.45. The van der Waals surface area contributed by atoms with Crippen LogP contribution in [0.5, 0.6) is 11.5 Å². The summed E-state index contributed by atoms with van der Waals surface area (Å²) in [6, 6.07) is 13.3. The molecule has 140 valence electrons. The highest BCUT2D eigenvalue weighted by atomic mass is 16.7. The van der Waals surface area contributed by atoms with Crippen molar-refractivity contribution in [3.8, 4) is 11.5 Å². The van der Waals surface area contributed by atoms with Crippen molar-refractivity contribution in [2.24, 2.45) is 0 Å². The highest BCUT2D eigenvalue weighted by Gasteiger charge is 2.45. The Morgan fingerprint density at radius 1 is 1.04 bits per heavy atom. The van der Waals surface area contributed by atoms with Gasteiger partial charge < -0.3 is 20.1 Å². The molecule has 0 unspecified atom stereocenters. The highest BCUT2D eigenvalue weighted by molar-refractivity contribution is 5.90. The van der Waals surface area contributed by atoms with E-state index in [0.29, 0.717) is 12.3 Å². The summed E-state index contributed by atoms with van der Waals surface area (Å²) in [5.41, 5.74) is 2.22. The maximum Gasteiger partial charge on any atom is 0.231 e. The van der Waals surface area contributed by atoms with Gasteiger partial charge in [-0.3, -0.25) is 9.59 Å². The maximum absolute atomic E-state index is 13.0. The number of nitrogens with one attached hydrogen (secondary N) is 2. The minimum absolute atomic E-state index is 0.0405. The van der Waals surface area contributed by atoms with Crippen molar-refractivity contribution < 1.29 is 19.1 Å². The SMILES string of the molecule is CC(=O)Nc1ccc(C2(C(=O)NCc3ccc4c(c3)OCO4)CCC2)cc1. The van der Waals surface area contributed by atoms with Crippen LogP contribution in [0.25, 0.3) is 0 Å². The monoisotopic (exact) mass is 366 g/mol. The number of fused-ring (bicyclic) bond motifs is 1. The van der Waals surface area contributed by atoms with Crippen molar-refractivity contribution in [3.05, 3.63) is 53.6 Å². The zero-order valence-electron chi connectivity index (χ0n) is 15.2. The lowest BCUT2D eigenvalue weighted by Gasteiger charge is -2.40. The molecule has 6 heteroatoms. The fourth-order valence-electron chi connectivity index (χ4n) is 3.66. The topological polar surface area (TPSA) is 76.7 Å². The number of amides is 2. The van der Waals surface area contributed by atoms with Gasteiger partial charge in [0.1, 0.15) is 0 Å². The van der Waals surface area contributed by atoms with E-state index < -0.39 is 5.41 Å². The number of carbonyl (C=O) groups excluding carboxylic acids is 2. The standard InChI is InChI=1S/C21H22N2O4/c1-14(24)23-17-6-4-16(5-7-17)21(9-2-10-21)20(25)22-12-15-3-8-18-19(11-15)27-13-26-18/h3-8,11H,2,9-10,12-13H2,1H3,(H,22,25)(H,23,24). The van der Waals surface area contributed by atoms with Gasteiger partial charge in [0, 0.05) is 19.2 Å². The average Bonchev–Trinajstić information content (AvgIpc) is 3.08. The maximum atomic E-state index is 13.0. The van der Waals surface area contributed by atoms with Gasteiger partial charge in [0.2, 0.25) is 18.6 Å². The number of benzene rings is 2. The van der Waals surface area contributed by atoms with Crippen LogP contribution in [0.1, 0.15) is 37.3 Å². The second kappa shape index (κ2) is 6.95. The van der Waals surface area contributed by atoms with Crippen LogP contribution in [0, 0.1) is 0 Å². The molecule has 1 aliphatic carbocycles. The molecule has 0 aromatic heterocycles. The van der Waals surface area contributed by atoms with Gasteiger partial charge in [0.05, 0.1) is 5.41 Å². The van der Waals surface area contributed by atoms with Crippen LogP contribution in [0.3, 0.4) is 0 Å². The van der Waals surface area contributed by atoms with Gasteiger partial charge in [-0.05, 0) is 48.2 Å². The number of anilines is 1. The first kappa shape index (κ1) is 17.4. The second-order valence-electron chi connectivity index (χ2n) is 7.06. The van der Waals surface area contributed by atoms with Crippen molar-refractivity contribution in [1.82, 2.24) is 5.32 Å². The average molecular weight is 366 g/mol. The van der Waals surface area contributed by atoms with Crippen LogP contribution < -0.4 is 20.1 Å². The van der Waals surface area contributed by atoms with Crippen LogP contribution in [0.15, 0.2) is 42.5 Å². The van der Waals surface area contributed by atoms with E-state index >= 15 is 0 Å². The number of hydrogen-bond donors (Lipinski definition) is 2. The molecule has 1 heterocycles. The molecule has 0 spiro atoms. The van der Waals surface area contributed by atoms with E-state index in [1.54, 1.807) is 0 Å². The van der Waals surface area contributed by atoms with Gasteiger partial charge in [-0.1, -0.05) is 24.6 Å². The molecule has 2 N–H and O–H groups in total. The largest absolute Gasteiger partial charge is 0.454 e. The normalized spacial score (nSPS) is 16.3. The Labute approximate surface area is 157 Å². The molecule has 1 fully saturated rings. The van der Waals surface area contributed by atoms with E-state index in [-0.39, 0.29) is 18.6 Å². The van der Waals surface area contributed by atoms with Crippen LogP contribution in [-0.4, -0.2) is 18.6 Å².